The molecule has 1 N–H and O–H groups in total. The molecule has 0 bridgehead atoms. The summed E-state index contributed by atoms with van der Waals surface area (Å²) in [6, 6.07) is 16.8. The Bertz CT molecular complexity index is 713. The van der Waals surface area contributed by atoms with Crippen molar-refractivity contribution in [1.82, 2.24) is 5.43 Å². The second-order valence-electron chi connectivity index (χ2n) is 5.88. The van der Waals surface area contributed by atoms with E-state index in [-0.39, 0.29) is 11.8 Å². The number of piperidine rings is 1. The molecule has 1 fully saturated rings. The fourth-order valence-electron chi connectivity index (χ4n) is 2.80. The first-order chi connectivity index (χ1) is 11.6. The van der Waals surface area contributed by atoms with Crippen LogP contribution in [0.5, 0.6) is 0 Å². The van der Waals surface area contributed by atoms with Crippen molar-refractivity contribution in [2.45, 2.75) is 19.3 Å². The summed E-state index contributed by atoms with van der Waals surface area (Å²) in [4.78, 5) is 26.1. The van der Waals surface area contributed by atoms with Crippen molar-refractivity contribution in [2.24, 2.45) is 0 Å². The Labute approximate surface area is 141 Å². The molecule has 24 heavy (non-hydrogen) atoms. The Balaban J connectivity index is 1.66. The molecule has 124 valence electrons. The highest BCUT2D eigenvalue weighted by Gasteiger charge is 2.19. The van der Waals surface area contributed by atoms with E-state index in [9.17, 15) is 9.59 Å². The third-order valence-corrected chi connectivity index (χ3v) is 4.18. The Morgan fingerprint density at radius 3 is 2.42 bits per heavy atom. The lowest BCUT2D eigenvalue weighted by atomic mass is 10.1. The molecule has 3 rings (SSSR count). The van der Waals surface area contributed by atoms with Gasteiger partial charge in [0, 0.05) is 31.3 Å². The predicted molar refractivity (Wildman–Crippen MR) is 95.0 cm³/mol. The third-order valence-electron chi connectivity index (χ3n) is 4.18. The van der Waals surface area contributed by atoms with Crippen LogP contribution in [0.15, 0.2) is 54.6 Å². The van der Waals surface area contributed by atoms with Gasteiger partial charge in [0.05, 0.1) is 5.69 Å². The van der Waals surface area contributed by atoms with E-state index in [0.29, 0.717) is 12.0 Å². The van der Waals surface area contributed by atoms with Crippen LogP contribution in [0, 0.1) is 0 Å². The van der Waals surface area contributed by atoms with Gasteiger partial charge in [0.25, 0.3) is 5.91 Å². The number of amides is 2. The number of carbonyl (C=O) groups is 2. The summed E-state index contributed by atoms with van der Waals surface area (Å²) >= 11 is 0. The van der Waals surface area contributed by atoms with Crippen molar-refractivity contribution in [3.8, 4) is 0 Å². The SMILES string of the molecule is CN(NC(=O)c1ccc(N2CCCCC2=O)cc1)c1ccccc1. The van der Waals surface area contributed by atoms with E-state index in [2.05, 4.69) is 5.43 Å². The van der Waals surface area contributed by atoms with Gasteiger partial charge in [0.2, 0.25) is 5.91 Å². The summed E-state index contributed by atoms with van der Waals surface area (Å²) in [5, 5.41) is 1.68. The van der Waals surface area contributed by atoms with Gasteiger partial charge in [-0.05, 0) is 49.2 Å². The number of hydrazine groups is 1. The summed E-state index contributed by atoms with van der Waals surface area (Å²) in [5.41, 5.74) is 5.15. The quantitative estimate of drug-likeness (QED) is 0.880. The maximum absolute atomic E-state index is 12.3. The van der Waals surface area contributed by atoms with E-state index in [1.807, 2.05) is 42.5 Å². The van der Waals surface area contributed by atoms with Gasteiger partial charge in [-0.25, -0.2) is 0 Å². The number of rotatable bonds is 4. The Hall–Kier alpha value is -2.82. The molecule has 2 amide bonds. The van der Waals surface area contributed by atoms with Crippen LogP contribution >= 0.6 is 0 Å². The molecule has 1 saturated heterocycles. The third kappa shape index (κ3) is 3.56. The minimum atomic E-state index is -0.183. The molecule has 5 nitrogen and oxygen atoms in total. The van der Waals surface area contributed by atoms with Crippen molar-refractivity contribution in [3.05, 3.63) is 60.2 Å². The summed E-state index contributed by atoms with van der Waals surface area (Å²) in [6.07, 6.45) is 2.58. The molecular formula is C19H21N3O2. The number of carbonyl (C=O) groups excluding carboxylic acids is 2. The Morgan fingerprint density at radius 2 is 1.75 bits per heavy atom. The highest BCUT2D eigenvalue weighted by molar-refractivity contribution is 5.97. The maximum atomic E-state index is 12.3. The first-order valence-electron chi connectivity index (χ1n) is 8.15. The second kappa shape index (κ2) is 7.17. The second-order valence-corrected chi connectivity index (χ2v) is 5.88. The average molecular weight is 323 g/mol. The van der Waals surface area contributed by atoms with Gasteiger partial charge in [-0.1, -0.05) is 18.2 Å². The van der Waals surface area contributed by atoms with Crippen molar-refractivity contribution in [2.75, 3.05) is 23.5 Å². The molecule has 0 atom stereocenters. The number of anilines is 2. The molecule has 0 aliphatic carbocycles. The van der Waals surface area contributed by atoms with Crippen LogP contribution < -0.4 is 15.3 Å². The number of nitrogens with one attached hydrogen (secondary N) is 1. The van der Waals surface area contributed by atoms with Crippen molar-refractivity contribution < 1.29 is 9.59 Å². The summed E-state index contributed by atoms with van der Waals surface area (Å²) in [6.45, 7) is 0.751. The zero-order valence-corrected chi connectivity index (χ0v) is 13.7. The van der Waals surface area contributed by atoms with Gasteiger partial charge in [0.15, 0.2) is 0 Å². The maximum Gasteiger partial charge on any atom is 0.269 e. The van der Waals surface area contributed by atoms with Crippen LogP contribution in [-0.2, 0) is 4.79 Å². The molecular weight excluding hydrogens is 302 g/mol. The van der Waals surface area contributed by atoms with Crippen molar-refractivity contribution in [1.29, 1.82) is 0 Å². The van der Waals surface area contributed by atoms with E-state index in [0.717, 1.165) is 30.8 Å². The van der Waals surface area contributed by atoms with Crippen LogP contribution in [0.4, 0.5) is 11.4 Å². The zero-order chi connectivity index (χ0) is 16.9. The van der Waals surface area contributed by atoms with Crippen LogP contribution in [0.3, 0.4) is 0 Å². The summed E-state index contributed by atoms with van der Waals surface area (Å²) < 4.78 is 0. The molecule has 1 aliphatic rings. The molecule has 0 saturated carbocycles. The molecule has 0 aromatic heterocycles. The summed E-state index contributed by atoms with van der Waals surface area (Å²) in [7, 11) is 1.80. The molecule has 5 heteroatoms. The topological polar surface area (TPSA) is 52.7 Å². The van der Waals surface area contributed by atoms with Crippen LogP contribution in [0.25, 0.3) is 0 Å². The molecule has 1 aliphatic heterocycles. The number of hydrogen-bond acceptors (Lipinski definition) is 3. The molecule has 2 aromatic carbocycles. The number of para-hydroxylation sites is 1. The van der Waals surface area contributed by atoms with Crippen molar-refractivity contribution in [3.63, 3.8) is 0 Å². The minimum Gasteiger partial charge on any atom is -0.312 e. The first-order valence-corrected chi connectivity index (χ1v) is 8.15. The van der Waals surface area contributed by atoms with Gasteiger partial charge in [-0.2, -0.15) is 0 Å². The largest absolute Gasteiger partial charge is 0.312 e. The van der Waals surface area contributed by atoms with Gasteiger partial charge < -0.3 is 4.90 Å². The fourth-order valence-corrected chi connectivity index (χ4v) is 2.80. The monoisotopic (exact) mass is 323 g/mol. The molecule has 1 heterocycles. The highest BCUT2D eigenvalue weighted by atomic mass is 16.2. The van der Waals surface area contributed by atoms with Crippen molar-refractivity contribution >= 4 is 23.2 Å². The van der Waals surface area contributed by atoms with Gasteiger partial charge in [-0.3, -0.25) is 20.0 Å². The first kappa shape index (κ1) is 16.1. The van der Waals surface area contributed by atoms with Gasteiger partial charge in [-0.15, -0.1) is 0 Å². The average Bonchev–Trinajstić information content (AvgIpc) is 2.63. The van der Waals surface area contributed by atoms with E-state index in [1.54, 1.807) is 29.1 Å². The van der Waals surface area contributed by atoms with E-state index in [1.165, 1.54) is 0 Å². The van der Waals surface area contributed by atoms with Gasteiger partial charge >= 0.3 is 0 Å². The fraction of sp³-hybridized carbons (Fsp3) is 0.263. The Kier molecular flexibility index (Phi) is 4.79. The van der Waals surface area contributed by atoms with Crippen LogP contribution in [0.1, 0.15) is 29.6 Å². The molecule has 2 aromatic rings. The lowest BCUT2D eigenvalue weighted by molar-refractivity contribution is -0.119. The van der Waals surface area contributed by atoms with E-state index < -0.39 is 0 Å². The molecule has 0 radical (unpaired) electrons. The molecule has 0 unspecified atom stereocenters. The number of benzene rings is 2. The molecule has 0 spiro atoms. The Morgan fingerprint density at radius 1 is 1.04 bits per heavy atom. The van der Waals surface area contributed by atoms with E-state index in [4.69, 9.17) is 0 Å². The van der Waals surface area contributed by atoms with Gasteiger partial charge in [0.1, 0.15) is 0 Å². The lowest BCUT2D eigenvalue weighted by Crippen LogP contribution is -2.39. The highest BCUT2D eigenvalue weighted by Crippen LogP contribution is 2.21. The smallest absolute Gasteiger partial charge is 0.269 e. The predicted octanol–water partition coefficient (Wildman–Crippen LogP) is 2.98. The summed E-state index contributed by atoms with van der Waals surface area (Å²) in [5.74, 6) is -0.0277. The van der Waals surface area contributed by atoms with Crippen LogP contribution in [-0.4, -0.2) is 25.4 Å². The lowest BCUT2D eigenvalue weighted by Gasteiger charge is -2.27. The number of nitrogens with zero attached hydrogens (tertiary/aromatic N) is 2. The van der Waals surface area contributed by atoms with Crippen LogP contribution in [0.2, 0.25) is 0 Å². The standard InChI is InChI=1S/C19H21N3O2/c1-21(16-7-3-2-4-8-16)20-19(24)15-10-12-17(13-11-15)22-14-6-5-9-18(22)23/h2-4,7-8,10-13H,5-6,9,14H2,1H3,(H,20,24). The zero-order valence-electron chi connectivity index (χ0n) is 13.7. The minimum absolute atomic E-state index is 0.155. The van der Waals surface area contributed by atoms with E-state index >= 15 is 0 Å². The number of hydrogen-bond donors (Lipinski definition) is 1. The normalized spacial score (nSPS) is 14.4.